The molecule has 1 atom stereocenters. The van der Waals surface area contributed by atoms with Crippen LogP contribution in [0.15, 0.2) is 54.1 Å². The Morgan fingerprint density at radius 3 is 2.00 bits per heavy atom. The molecule has 0 saturated carbocycles. The number of benzene rings is 1. The van der Waals surface area contributed by atoms with E-state index in [1.165, 1.54) is 16.7 Å². The normalized spacial score (nSPS) is 18.3. The van der Waals surface area contributed by atoms with Gasteiger partial charge in [0.05, 0.1) is 7.11 Å². The van der Waals surface area contributed by atoms with Gasteiger partial charge in [-0.1, -0.05) is 52.9 Å². The van der Waals surface area contributed by atoms with Crippen LogP contribution in [-0.4, -0.2) is 7.11 Å². The van der Waals surface area contributed by atoms with Gasteiger partial charge in [-0.25, -0.2) is 12.2 Å². The number of rotatable bonds is 2. The maximum absolute atomic E-state index is 5.26. The minimum atomic E-state index is 0. The molecule has 1 nitrogen and oxygen atoms in total. The molecule has 0 fully saturated rings. The van der Waals surface area contributed by atoms with Gasteiger partial charge in [0, 0.05) is 0 Å². The van der Waals surface area contributed by atoms with Crippen molar-refractivity contribution >= 4 is 5.57 Å². The molecule has 2 aliphatic rings. The van der Waals surface area contributed by atoms with Gasteiger partial charge in [-0.2, -0.15) is 17.7 Å². The molecular formula is C25H32OZr. The van der Waals surface area contributed by atoms with E-state index in [-0.39, 0.29) is 37.0 Å². The van der Waals surface area contributed by atoms with E-state index < -0.39 is 0 Å². The predicted molar refractivity (Wildman–Crippen MR) is 112 cm³/mol. The summed E-state index contributed by atoms with van der Waals surface area (Å²) >= 11 is 0. The Morgan fingerprint density at radius 1 is 1.00 bits per heavy atom. The standard InChI is InChI=1S/C20H27O.C5H5.Zr/c1-19(2,3)15-12-17(18(13-15)20(4,5)6)14-8-10-16(21-7)11-9-14;1-2-4-5-3-1;/h8-11,13,15H,1-7H3;1-3H,4H2;/q2*-1;+2. The molecule has 3 rings (SSSR count). The fourth-order valence-corrected chi connectivity index (χ4v) is 2.95. The third-order valence-electron chi connectivity index (χ3n) is 4.61. The molecule has 1 aromatic carbocycles. The van der Waals surface area contributed by atoms with Gasteiger partial charge in [0.15, 0.2) is 0 Å². The minimum absolute atomic E-state index is 0. The molecule has 142 valence electrons. The van der Waals surface area contributed by atoms with Crippen molar-refractivity contribution in [2.45, 2.75) is 48.0 Å². The van der Waals surface area contributed by atoms with Crippen LogP contribution in [0.1, 0.15) is 53.5 Å². The Hall–Kier alpha value is -1.14. The predicted octanol–water partition coefficient (Wildman–Crippen LogP) is 6.83. The van der Waals surface area contributed by atoms with Crippen molar-refractivity contribution in [3.63, 3.8) is 0 Å². The molecule has 0 amide bonds. The summed E-state index contributed by atoms with van der Waals surface area (Å²) in [6, 6.07) is 8.31. The Kier molecular flexibility index (Phi) is 8.74. The van der Waals surface area contributed by atoms with Crippen LogP contribution in [0.5, 0.6) is 5.75 Å². The largest absolute Gasteiger partial charge is 2.00 e. The topological polar surface area (TPSA) is 9.23 Å². The van der Waals surface area contributed by atoms with Gasteiger partial charge in [0.2, 0.25) is 0 Å². The summed E-state index contributed by atoms with van der Waals surface area (Å²) in [6.45, 7) is 13.6. The SMILES string of the molecule is COc1ccc(C2=[C-]C(C(C)(C)C)C=C2C(C)(C)C)cc1.[C-]1=CC=CC1.[Zr+2]. The van der Waals surface area contributed by atoms with E-state index in [2.05, 4.69) is 78.0 Å². The Bertz CT molecular complexity index is 709. The maximum Gasteiger partial charge on any atom is 2.00 e. The van der Waals surface area contributed by atoms with Gasteiger partial charge < -0.3 is 4.74 Å². The van der Waals surface area contributed by atoms with Crippen molar-refractivity contribution in [2.75, 3.05) is 7.11 Å². The maximum atomic E-state index is 5.26. The van der Waals surface area contributed by atoms with Gasteiger partial charge in [0.25, 0.3) is 0 Å². The van der Waals surface area contributed by atoms with Crippen LogP contribution in [0.3, 0.4) is 0 Å². The molecule has 0 spiro atoms. The molecule has 0 N–H and O–H groups in total. The molecule has 2 heteroatoms. The number of hydrogen-bond donors (Lipinski definition) is 0. The zero-order valence-corrected chi connectivity index (χ0v) is 20.3. The van der Waals surface area contributed by atoms with E-state index in [0.717, 1.165) is 12.2 Å². The van der Waals surface area contributed by atoms with Crippen molar-refractivity contribution in [2.24, 2.45) is 16.7 Å². The van der Waals surface area contributed by atoms with Crippen LogP contribution in [0.25, 0.3) is 5.57 Å². The van der Waals surface area contributed by atoms with Crippen LogP contribution in [-0.2, 0) is 26.2 Å². The summed E-state index contributed by atoms with van der Waals surface area (Å²) in [5.41, 5.74) is 4.20. The fourth-order valence-electron chi connectivity index (χ4n) is 2.95. The Balaban J connectivity index is 0.000000526. The summed E-state index contributed by atoms with van der Waals surface area (Å²) in [7, 11) is 1.70. The Labute approximate surface area is 185 Å². The molecule has 27 heavy (non-hydrogen) atoms. The third kappa shape index (κ3) is 6.76. The molecule has 1 aromatic rings. The number of ether oxygens (including phenoxy) is 1. The van der Waals surface area contributed by atoms with Gasteiger partial charge >= 0.3 is 26.2 Å². The number of allylic oxidation sites excluding steroid dienone is 8. The van der Waals surface area contributed by atoms with Gasteiger partial charge in [-0.3, -0.25) is 6.08 Å². The molecule has 0 bridgehead atoms. The van der Waals surface area contributed by atoms with Gasteiger partial charge in [0.1, 0.15) is 5.75 Å². The summed E-state index contributed by atoms with van der Waals surface area (Å²) in [5.74, 6) is 1.26. The first-order valence-electron chi connectivity index (χ1n) is 9.35. The second kappa shape index (κ2) is 9.88. The van der Waals surface area contributed by atoms with Crippen molar-refractivity contribution in [1.82, 2.24) is 0 Å². The van der Waals surface area contributed by atoms with Crippen molar-refractivity contribution < 1.29 is 30.9 Å². The molecule has 0 radical (unpaired) electrons. The molecule has 1 unspecified atom stereocenters. The zero-order chi connectivity index (χ0) is 19.4. The molecule has 2 aliphatic carbocycles. The van der Waals surface area contributed by atoms with Crippen molar-refractivity contribution in [3.05, 3.63) is 71.9 Å². The van der Waals surface area contributed by atoms with E-state index in [1.54, 1.807) is 7.11 Å². The van der Waals surface area contributed by atoms with Crippen LogP contribution >= 0.6 is 0 Å². The second-order valence-corrected chi connectivity index (χ2v) is 8.92. The van der Waals surface area contributed by atoms with Crippen molar-refractivity contribution in [3.8, 4) is 5.75 Å². The average Bonchev–Trinajstić information content (AvgIpc) is 3.26. The second-order valence-electron chi connectivity index (χ2n) is 8.92. The third-order valence-corrected chi connectivity index (χ3v) is 4.61. The monoisotopic (exact) mass is 438 g/mol. The molecule has 0 aliphatic heterocycles. The van der Waals surface area contributed by atoms with Crippen LogP contribution in [0.2, 0.25) is 0 Å². The molecular weight excluding hydrogens is 407 g/mol. The van der Waals surface area contributed by atoms with Crippen LogP contribution in [0, 0.1) is 28.9 Å². The first-order valence-corrected chi connectivity index (χ1v) is 9.35. The average molecular weight is 440 g/mol. The molecule has 0 heterocycles. The van der Waals surface area contributed by atoms with Crippen molar-refractivity contribution in [1.29, 1.82) is 0 Å². The summed E-state index contributed by atoms with van der Waals surface area (Å²) in [5, 5.41) is 0. The van der Waals surface area contributed by atoms with Gasteiger partial charge in [-0.15, -0.1) is 35.8 Å². The molecule has 0 aromatic heterocycles. The minimum Gasteiger partial charge on any atom is -0.497 e. The van der Waals surface area contributed by atoms with E-state index in [9.17, 15) is 0 Å². The fraction of sp³-hybridized carbons (Fsp3) is 0.440. The summed E-state index contributed by atoms with van der Waals surface area (Å²) in [4.78, 5) is 0. The van der Waals surface area contributed by atoms with E-state index in [0.29, 0.717) is 5.92 Å². The van der Waals surface area contributed by atoms with E-state index in [4.69, 9.17) is 4.74 Å². The first kappa shape index (κ1) is 23.9. The van der Waals surface area contributed by atoms with Crippen LogP contribution < -0.4 is 4.74 Å². The van der Waals surface area contributed by atoms with Crippen LogP contribution in [0.4, 0.5) is 0 Å². The Morgan fingerprint density at radius 2 is 1.63 bits per heavy atom. The summed E-state index contributed by atoms with van der Waals surface area (Å²) < 4.78 is 5.26. The number of methoxy groups -OCH3 is 1. The smallest absolute Gasteiger partial charge is 0.497 e. The summed E-state index contributed by atoms with van der Waals surface area (Å²) in [6.07, 6.45) is 16.1. The first-order chi connectivity index (χ1) is 12.1. The quantitative estimate of drug-likeness (QED) is 0.459. The van der Waals surface area contributed by atoms with E-state index in [1.807, 2.05) is 24.3 Å². The van der Waals surface area contributed by atoms with Gasteiger partial charge in [-0.05, 0) is 17.5 Å². The van der Waals surface area contributed by atoms with E-state index >= 15 is 0 Å². The zero-order valence-electron chi connectivity index (χ0n) is 17.8. The molecule has 0 saturated heterocycles. The number of hydrogen-bond acceptors (Lipinski definition) is 1.